The number of piperidine rings is 1. The summed E-state index contributed by atoms with van der Waals surface area (Å²) in [4.78, 5) is 23.5. The maximum Gasteiger partial charge on any atom is 0.307 e. The smallest absolute Gasteiger partial charge is 0.307 e. The summed E-state index contributed by atoms with van der Waals surface area (Å²) in [6, 6.07) is 0. The van der Waals surface area contributed by atoms with E-state index in [0.29, 0.717) is 13.0 Å². The van der Waals surface area contributed by atoms with Crippen molar-refractivity contribution in [2.45, 2.75) is 40.5 Å². The zero-order chi connectivity index (χ0) is 13.2. The van der Waals surface area contributed by atoms with Crippen molar-refractivity contribution < 1.29 is 14.7 Å². The van der Waals surface area contributed by atoms with Gasteiger partial charge in [0.15, 0.2) is 0 Å². The molecule has 0 aliphatic carbocycles. The molecule has 0 saturated carbocycles. The van der Waals surface area contributed by atoms with Crippen LogP contribution < -0.4 is 5.32 Å². The van der Waals surface area contributed by atoms with Gasteiger partial charge in [-0.25, -0.2) is 0 Å². The van der Waals surface area contributed by atoms with Gasteiger partial charge < -0.3 is 10.4 Å². The molecule has 1 amide bonds. The van der Waals surface area contributed by atoms with Crippen LogP contribution in [0.5, 0.6) is 0 Å². The van der Waals surface area contributed by atoms with Crippen LogP contribution >= 0.6 is 0 Å². The predicted octanol–water partition coefficient (Wildman–Crippen LogP) is 1.90. The Morgan fingerprint density at radius 2 is 2.00 bits per heavy atom. The first-order valence-corrected chi connectivity index (χ1v) is 6.32. The maximum absolute atomic E-state index is 12.0. The molecule has 3 atom stereocenters. The number of nitrogens with one attached hydrogen (secondary N) is 1. The zero-order valence-corrected chi connectivity index (χ0v) is 11.1. The van der Waals surface area contributed by atoms with Crippen molar-refractivity contribution in [3.8, 4) is 0 Å². The van der Waals surface area contributed by atoms with Crippen molar-refractivity contribution in [1.29, 1.82) is 0 Å². The van der Waals surface area contributed by atoms with Gasteiger partial charge >= 0.3 is 5.97 Å². The Morgan fingerprint density at radius 3 is 2.41 bits per heavy atom. The van der Waals surface area contributed by atoms with Gasteiger partial charge in [0.1, 0.15) is 0 Å². The van der Waals surface area contributed by atoms with E-state index < -0.39 is 17.3 Å². The van der Waals surface area contributed by atoms with Crippen LogP contribution in [0.1, 0.15) is 40.5 Å². The highest BCUT2D eigenvalue weighted by atomic mass is 16.4. The Bertz CT molecular complexity index is 314. The molecule has 1 heterocycles. The van der Waals surface area contributed by atoms with E-state index in [1.165, 1.54) is 0 Å². The molecule has 0 spiro atoms. The average molecular weight is 241 g/mol. The molecule has 17 heavy (non-hydrogen) atoms. The molecular weight excluding hydrogens is 218 g/mol. The summed E-state index contributed by atoms with van der Waals surface area (Å²) in [7, 11) is 0. The number of carbonyl (C=O) groups is 2. The van der Waals surface area contributed by atoms with E-state index in [2.05, 4.69) is 5.32 Å². The SMILES string of the molecule is CC(C)C(C)C(C(=O)O)C1(C)CCCNC1=O. The number of aliphatic carboxylic acids is 1. The normalized spacial score (nSPS) is 28.6. The Hall–Kier alpha value is -1.06. The second kappa shape index (κ2) is 5.07. The Morgan fingerprint density at radius 1 is 1.41 bits per heavy atom. The van der Waals surface area contributed by atoms with Gasteiger partial charge in [-0.15, -0.1) is 0 Å². The second-order valence-corrected chi connectivity index (χ2v) is 5.70. The van der Waals surface area contributed by atoms with Crippen LogP contribution in [0.25, 0.3) is 0 Å². The minimum absolute atomic E-state index is 0.0126. The van der Waals surface area contributed by atoms with Gasteiger partial charge in [0.2, 0.25) is 5.91 Å². The van der Waals surface area contributed by atoms with E-state index in [9.17, 15) is 14.7 Å². The first-order chi connectivity index (χ1) is 7.80. The molecule has 3 unspecified atom stereocenters. The minimum Gasteiger partial charge on any atom is -0.481 e. The fraction of sp³-hybridized carbons (Fsp3) is 0.846. The average Bonchev–Trinajstić information content (AvgIpc) is 2.22. The molecule has 4 nitrogen and oxygen atoms in total. The summed E-state index contributed by atoms with van der Waals surface area (Å²) >= 11 is 0. The fourth-order valence-corrected chi connectivity index (χ4v) is 2.73. The molecule has 0 bridgehead atoms. The summed E-state index contributed by atoms with van der Waals surface area (Å²) in [5.41, 5.74) is -0.770. The van der Waals surface area contributed by atoms with Gasteiger partial charge in [0.25, 0.3) is 0 Å². The zero-order valence-electron chi connectivity index (χ0n) is 11.1. The Labute approximate surface area is 103 Å². The van der Waals surface area contributed by atoms with Gasteiger partial charge in [-0.2, -0.15) is 0 Å². The molecule has 0 radical (unpaired) electrons. The molecule has 0 aromatic carbocycles. The second-order valence-electron chi connectivity index (χ2n) is 5.70. The van der Waals surface area contributed by atoms with E-state index in [-0.39, 0.29) is 17.7 Å². The monoisotopic (exact) mass is 241 g/mol. The van der Waals surface area contributed by atoms with Crippen LogP contribution in [0.15, 0.2) is 0 Å². The lowest BCUT2D eigenvalue weighted by molar-refractivity contribution is -0.158. The van der Waals surface area contributed by atoms with E-state index in [1.807, 2.05) is 20.8 Å². The van der Waals surface area contributed by atoms with Crippen LogP contribution in [-0.2, 0) is 9.59 Å². The molecule has 1 fully saturated rings. The molecule has 2 N–H and O–H groups in total. The van der Waals surface area contributed by atoms with Gasteiger partial charge in [0, 0.05) is 6.54 Å². The number of carboxylic acid groups (broad SMARTS) is 1. The topological polar surface area (TPSA) is 66.4 Å². The largest absolute Gasteiger partial charge is 0.481 e. The highest BCUT2D eigenvalue weighted by Gasteiger charge is 2.49. The molecule has 98 valence electrons. The van der Waals surface area contributed by atoms with Gasteiger partial charge in [0.05, 0.1) is 11.3 Å². The van der Waals surface area contributed by atoms with Crippen LogP contribution in [0.3, 0.4) is 0 Å². The summed E-state index contributed by atoms with van der Waals surface area (Å²) in [6.07, 6.45) is 1.52. The quantitative estimate of drug-likeness (QED) is 0.790. The third kappa shape index (κ3) is 2.61. The summed E-state index contributed by atoms with van der Waals surface area (Å²) in [5, 5.41) is 12.2. The van der Waals surface area contributed by atoms with Crippen molar-refractivity contribution in [2.24, 2.45) is 23.2 Å². The maximum atomic E-state index is 12.0. The fourth-order valence-electron chi connectivity index (χ4n) is 2.73. The molecule has 4 heteroatoms. The van der Waals surface area contributed by atoms with E-state index in [4.69, 9.17) is 0 Å². The van der Waals surface area contributed by atoms with Crippen molar-refractivity contribution in [3.63, 3.8) is 0 Å². The highest BCUT2D eigenvalue weighted by molar-refractivity contribution is 5.88. The summed E-state index contributed by atoms with van der Waals surface area (Å²) in [6.45, 7) is 8.39. The van der Waals surface area contributed by atoms with Gasteiger partial charge in [-0.1, -0.05) is 20.8 Å². The van der Waals surface area contributed by atoms with Crippen molar-refractivity contribution >= 4 is 11.9 Å². The van der Waals surface area contributed by atoms with Gasteiger partial charge in [-0.05, 0) is 31.6 Å². The lowest BCUT2D eigenvalue weighted by Crippen LogP contribution is -2.52. The van der Waals surface area contributed by atoms with E-state index in [1.54, 1.807) is 6.92 Å². The van der Waals surface area contributed by atoms with E-state index in [0.717, 1.165) is 6.42 Å². The molecule has 0 aromatic heterocycles. The lowest BCUT2D eigenvalue weighted by atomic mass is 9.64. The van der Waals surface area contributed by atoms with Crippen LogP contribution in [0.4, 0.5) is 0 Å². The minimum atomic E-state index is -0.856. The van der Waals surface area contributed by atoms with E-state index >= 15 is 0 Å². The number of carbonyl (C=O) groups excluding carboxylic acids is 1. The summed E-state index contributed by atoms with van der Waals surface area (Å²) in [5.74, 6) is -1.33. The number of rotatable bonds is 4. The summed E-state index contributed by atoms with van der Waals surface area (Å²) < 4.78 is 0. The molecule has 0 aromatic rings. The third-order valence-electron chi connectivity index (χ3n) is 4.21. The molecule has 1 aliphatic rings. The van der Waals surface area contributed by atoms with Crippen molar-refractivity contribution in [3.05, 3.63) is 0 Å². The predicted molar refractivity (Wildman–Crippen MR) is 65.5 cm³/mol. The van der Waals surface area contributed by atoms with Gasteiger partial charge in [-0.3, -0.25) is 9.59 Å². The standard InChI is InChI=1S/C13H23NO3/c1-8(2)9(3)10(11(15)16)13(4)6-5-7-14-12(13)17/h8-10H,5-7H2,1-4H3,(H,14,17)(H,15,16). The van der Waals surface area contributed by atoms with Crippen molar-refractivity contribution in [1.82, 2.24) is 5.32 Å². The van der Waals surface area contributed by atoms with Crippen LogP contribution in [0, 0.1) is 23.2 Å². The number of amides is 1. The molecule has 1 saturated heterocycles. The first-order valence-electron chi connectivity index (χ1n) is 6.32. The Kier molecular flexibility index (Phi) is 4.17. The van der Waals surface area contributed by atoms with Crippen LogP contribution in [0.2, 0.25) is 0 Å². The Balaban J connectivity index is 3.04. The third-order valence-corrected chi connectivity index (χ3v) is 4.21. The van der Waals surface area contributed by atoms with Crippen LogP contribution in [-0.4, -0.2) is 23.5 Å². The number of carboxylic acids is 1. The highest BCUT2D eigenvalue weighted by Crippen LogP contribution is 2.41. The molecule has 1 aliphatic heterocycles. The molecular formula is C13H23NO3. The first kappa shape index (κ1) is 14.0. The number of hydrogen-bond donors (Lipinski definition) is 2. The molecule has 1 rings (SSSR count). The van der Waals surface area contributed by atoms with Crippen molar-refractivity contribution in [2.75, 3.05) is 6.54 Å². The number of hydrogen-bond acceptors (Lipinski definition) is 2. The lowest BCUT2D eigenvalue weighted by Gasteiger charge is -2.41.